The fraction of sp³-hybridized carbons (Fsp3) is 0.333. The van der Waals surface area contributed by atoms with Gasteiger partial charge in [0.25, 0.3) is 5.91 Å². The molecule has 0 heterocycles. The first kappa shape index (κ1) is 13.4. The average Bonchev–Trinajstić information content (AvgIpc) is 3.12. The molecule has 0 spiro atoms. The number of carboxylic acid groups (broad SMARTS) is 1. The summed E-state index contributed by atoms with van der Waals surface area (Å²) >= 11 is 9.17. The molecule has 1 amide bonds. The van der Waals surface area contributed by atoms with Crippen LogP contribution in [0.25, 0.3) is 0 Å². The van der Waals surface area contributed by atoms with Crippen molar-refractivity contribution in [3.63, 3.8) is 0 Å². The van der Waals surface area contributed by atoms with Crippen LogP contribution in [0, 0.1) is 5.92 Å². The van der Waals surface area contributed by atoms with E-state index in [2.05, 4.69) is 21.2 Å². The molecule has 1 aromatic rings. The van der Waals surface area contributed by atoms with Crippen LogP contribution >= 0.6 is 27.5 Å². The first-order chi connectivity index (χ1) is 8.49. The smallest absolute Gasteiger partial charge is 0.326 e. The average molecular weight is 333 g/mol. The zero-order valence-electron chi connectivity index (χ0n) is 9.32. The van der Waals surface area contributed by atoms with Crippen LogP contribution in [0.15, 0.2) is 22.7 Å². The highest BCUT2D eigenvalue weighted by molar-refractivity contribution is 9.10. The number of carbonyl (C=O) groups is 2. The molecule has 1 aliphatic rings. The Hall–Kier alpha value is -1.07. The third kappa shape index (κ3) is 3.03. The van der Waals surface area contributed by atoms with Crippen molar-refractivity contribution in [2.24, 2.45) is 5.92 Å². The van der Waals surface area contributed by atoms with E-state index in [-0.39, 0.29) is 11.5 Å². The number of hydrogen-bond acceptors (Lipinski definition) is 2. The van der Waals surface area contributed by atoms with Gasteiger partial charge in [-0.2, -0.15) is 0 Å². The maximum absolute atomic E-state index is 12.0. The molecule has 1 saturated carbocycles. The fourth-order valence-corrected chi connectivity index (χ4v) is 2.27. The predicted octanol–water partition coefficient (Wildman–Crippen LogP) is 2.70. The summed E-state index contributed by atoms with van der Waals surface area (Å²) in [5.74, 6) is -1.42. The van der Waals surface area contributed by atoms with Gasteiger partial charge < -0.3 is 10.4 Å². The minimum Gasteiger partial charge on any atom is -0.480 e. The molecule has 1 aliphatic carbocycles. The van der Waals surface area contributed by atoms with Crippen LogP contribution in [0.4, 0.5) is 0 Å². The Bertz CT molecular complexity index is 502. The molecule has 96 valence electrons. The Morgan fingerprint density at radius 2 is 2.11 bits per heavy atom. The van der Waals surface area contributed by atoms with Crippen molar-refractivity contribution in [2.75, 3.05) is 0 Å². The summed E-state index contributed by atoms with van der Waals surface area (Å²) < 4.78 is 0.718. The standard InChI is InChI=1S/C12H11BrClNO3/c13-7-3-4-9(14)8(5-7)11(16)15-10(12(17)18)6-1-2-6/h3-6,10H,1-2H2,(H,15,16)(H,17,18). The van der Waals surface area contributed by atoms with Crippen LogP contribution in [0.2, 0.25) is 5.02 Å². The molecule has 4 nitrogen and oxygen atoms in total. The molecule has 2 rings (SSSR count). The molecule has 0 aromatic heterocycles. The Morgan fingerprint density at radius 1 is 1.44 bits per heavy atom. The maximum atomic E-state index is 12.0. The normalized spacial score (nSPS) is 16.1. The molecule has 1 unspecified atom stereocenters. The number of benzene rings is 1. The second-order valence-corrected chi connectivity index (χ2v) is 5.57. The Morgan fingerprint density at radius 3 is 2.67 bits per heavy atom. The minimum atomic E-state index is -1.00. The van der Waals surface area contributed by atoms with E-state index in [1.165, 1.54) is 0 Å². The quantitative estimate of drug-likeness (QED) is 0.891. The van der Waals surface area contributed by atoms with Gasteiger partial charge in [0.05, 0.1) is 10.6 Å². The third-order valence-corrected chi connectivity index (χ3v) is 3.64. The largest absolute Gasteiger partial charge is 0.480 e. The zero-order valence-corrected chi connectivity index (χ0v) is 11.7. The van der Waals surface area contributed by atoms with Gasteiger partial charge in [0.1, 0.15) is 6.04 Å². The topological polar surface area (TPSA) is 66.4 Å². The number of aliphatic carboxylic acids is 1. The maximum Gasteiger partial charge on any atom is 0.326 e. The van der Waals surface area contributed by atoms with Crippen molar-refractivity contribution in [3.8, 4) is 0 Å². The molecular formula is C12H11BrClNO3. The van der Waals surface area contributed by atoms with Crippen molar-refractivity contribution in [1.29, 1.82) is 0 Å². The van der Waals surface area contributed by atoms with E-state index in [1.54, 1.807) is 18.2 Å². The van der Waals surface area contributed by atoms with E-state index >= 15 is 0 Å². The van der Waals surface area contributed by atoms with Gasteiger partial charge in [0, 0.05) is 4.47 Å². The molecule has 6 heteroatoms. The lowest BCUT2D eigenvalue weighted by molar-refractivity contribution is -0.139. The lowest BCUT2D eigenvalue weighted by Gasteiger charge is -2.14. The second kappa shape index (κ2) is 5.28. The van der Waals surface area contributed by atoms with Crippen molar-refractivity contribution in [3.05, 3.63) is 33.3 Å². The summed E-state index contributed by atoms with van der Waals surface area (Å²) in [6.07, 6.45) is 1.67. The van der Waals surface area contributed by atoms with Crippen LogP contribution in [-0.4, -0.2) is 23.0 Å². The lowest BCUT2D eigenvalue weighted by atomic mass is 10.1. The summed E-state index contributed by atoms with van der Waals surface area (Å²) in [5.41, 5.74) is 0.276. The lowest BCUT2D eigenvalue weighted by Crippen LogP contribution is -2.42. The number of carboxylic acids is 1. The SMILES string of the molecule is O=C(NC(C(=O)O)C1CC1)c1cc(Br)ccc1Cl. The minimum absolute atomic E-state index is 0.0392. The predicted molar refractivity (Wildman–Crippen MR) is 70.8 cm³/mol. The number of halogens is 2. The molecule has 2 N–H and O–H groups in total. The van der Waals surface area contributed by atoms with E-state index in [0.717, 1.165) is 17.3 Å². The van der Waals surface area contributed by atoms with Crippen LogP contribution in [0.1, 0.15) is 23.2 Å². The molecule has 1 atom stereocenters. The van der Waals surface area contributed by atoms with Gasteiger partial charge in [-0.3, -0.25) is 4.79 Å². The molecule has 0 bridgehead atoms. The second-order valence-electron chi connectivity index (χ2n) is 4.25. The van der Waals surface area contributed by atoms with Crippen LogP contribution in [0.5, 0.6) is 0 Å². The molecule has 0 saturated heterocycles. The Balaban J connectivity index is 2.15. The van der Waals surface area contributed by atoms with E-state index in [4.69, 9.17) is 16.7 Å². The molecule has 1 aromatic carbocycles. The number of rotatable bonds is 4. The Kier molecular flexibility index (Phi) is 3.92. The number of nitrogens with one attached hydrogen (secondary N) is 1. The highest BCUT2D eigenvalue weighted by Crippen LogP contribution is 2.33. The van der Waals surface area contributed by atoms with Crippen LogP contribution in [0.3, 0.4) is 0 Å². The first-order valence-electron chi connectivity index (χ1n) is 5.48. The molecule has 18 heavy (non-hydrogen) atoms. The summed E-state index contributed by atoms with van der Waals surface area (Å²) in [6, 6.07) is 4.05. The van der Waals surface area contributed by atoms with Gasteiger partial charge in [-0.05, 0) is 37.0 Å². The fourth-order valence-electron chi connectivity index (χ4n) is 1.70. The van der Waals surface area contributed by atoms with Gasteiger partial charge in [0.15, 0.2) is 0 Å². The number of amides is 1. The first-order valence-corrected chi connectivity index (χ1v) is 6.65. The molecule has 0 radical (unpaired) electrons. The van der Waals surface area contributed by atoms with E-state index in [1.807, 2.05) is 0 Å². The van der Waals surface area contributed by atoms with Crippen LogP contribution < -0.4 is 5.32 Å². The zero-order chi connectivity index (χ0) is 13.3. The highest BCUT2D eigenvalue weighted by Gasteiger charge is 2.37. The van der Waals surface area contributed by atoms with Crippen molar-refractivity contribution >= 4 is 39.4 Å². The van der Waals surface area contributed by atoms with Gasteiger partial charge >= 0.3 is 5.97 Å². The molecular weight excluding hydrogens is 321 g/mol. The highest BCUT2D eigenvalue weighted by atomic mass is 79.9. The Labute approximate surface area is 117 Å². The van der Waals surface area contributed by atoms with Crippen molar-refractivity contribution in [2.45, 2.75) is 18.9 Å². The summed E-state index contributed by atoms with van der Waals surface area (Å²) in [4.78, 5) is 23.0. The van der Waals surface area contributed by atoms with Crippen molar-refractivity contribution in [1.82, 2.24) is 5.32 Å². The number of hydrogen-bond donors (Lipinski definition) is 2. The summed E-state index contributed by atoms with van der Waals surface area (Å²) in [5, 5.41) is 11.9. The van der Waals surface area contributed by atoms with Gasteiger partial charge in [0.2, 0.25) is 0 Å². The molecule has 1 fully saturated rings. The van der Waals surface area contributed by atoms with E-state index < -0.39 is 17.9 Å². The van der Waals surface area contributed by atoms with Gasteiger partial charge in [-0.15, -0.1) is 0 Å². The van der Waals surface area contributed by atoms with Crippen molar-refractivity contribution < 1.29 is 14.7 Å². The summed E-state index contributed by atoms with van der Waals surface area (Å²) in [7, 11) is 0. The van der Waals surface area contributed by atoms with E-state index in [0.29, 0.717) is 5.02 Å². The van der Waals surface area contributed by atoms with Crippen LogP contribution in [-0.2, 0) is 4.79 Å². The summed E-state index contributed by atoms with van der Waals surface area (Å²) in [6.45, 7) is 0. The van der Waals surface area contributed by atoms with Gasteiger partial charge in [-0.1, -0.05) is 27.5 Å². The molecule has 0 aliphatic heterocycles. The van der Waals surface area contributed by atoms with E-state index in [9.17, 15) is 9.59 Å². The van der Waals surface area contributed by atoms with Gasteiger partial charge in [-0.25, -0.2) is 4.79 Å². The monoisotopic (exact) mass is 331 g/mol. The third-order valence-electron chi connectivity index (χ3n) is 2.82. The number of carbonyl (C=O) groups excluding carboxylic acids is 1.